The summed E-state index contributed by atoms with van der Waals surface area (Å²) in [6.45, 7) is 0.442. The highest BCUT2D eigenvalue weighted by molar-refractivity contribution is 7.10. The Morgan fingerprint density at radius 2 is 2.56 bits per heavy atom. The number of hydrogen-bond donors (Lipinski definition) is 1. The lowest BCUT2D eigenvalue weighted by Crippen LogP contribution is -1.92. The van der Waals surface area contributed by atoms with Gasteiger partial charge in [-0.05, 0) is 11.4 Å². The fourth-order valence-electron chi connectivity index (χ4n) is 0.488. The molecule has 1 aromatic rings. The monoisotopic (exact) mass is 137 g/mol. The third-order valence-corrected chi connectivity index (χ3v) is 1.62. The van der Waals surface area contributed by atoms with Crippen molar-refractivity contribution in [2.75, 3.05) is 6.54 Å². The lowest BCUT2D eigenvalue weighted by Gasteiger charge is -1.73. The Bertz CT molecular complexity index is 215. The first-order valence-corrected chi connectivity index (χ1v) is 3.54. The van der Waals surface area contributed by atoms with Crippen molar-refractivity contribution < 1.29 is 0 Å². The maximum absolute atomic E-state index is 5.18. The second-order valence-electron chi connectivity index (χ2n) is 1.48. The van der Waals surface area contributed by atoms with Crippen LogP contribution < -0.4 is 5.73 Å². The summed E-state index contributed by atoms with van der Waals surface area (Å²) in [4.78, 5) is 1.08. The number of rotatable bonds is 0. The molecule has 0 spiro atoms. The van der Waals surface area contributed by atoms with Crippen LogP contribution in [0.2, 0.25) is 0 Å². The molecule has 0 aromatic carbocycles. The Labute approximate surface area is 58.5 Å². The van der Waals surface area contributed by atoms with Crippen LogP contribution in [0.5, 0.6) is 0 Å². The minimum Gasteiger partial charge on any atom is -0.320 e. The molecule has 1 aromatic heterocycles. The summed E-state index contributed by atoms with van der Waals surface area (Å²) in [6, 6.07) is 3.96. The molecule has 0 amide bonds. The first kappa shape index (κ1) is 6.34. The van der Waals surface area contributed by atoms with Crippen molar-refractivity contribution in [3.8, 4) is 11.8 Å². The lowest BCUT2D eigenvalue weighted by molar-refractivity contribution is 1.30. The van der Waals surface area contributed by atoms with Crippen molar-refractivity contribution in [2.24, 2.45) is 5.73 Å². The van der Waals surface area contributed by atoms with Gasteiger partial charge < -0.3 is 5.73 Å². The van der Waals surface area contributed by atoms with Gasteiger partial charge >= 0.3 is 0 Å². The standard InChI is InChI=1S/C7H7NS/c8-5-1-3-7-4-2-6-9-7/h2,4,6H,5,8H2. The highest BCUT2D eigenvalue weighted by atomic mass is 32.1. The smallest absolute Gasteiger partial charge is 0.0768 e. The van der Waals surface area contributed by atoms with Gasteiger partial charge in [-0.25, -0.2) is 0 Å². The van der Waals surface area contributed by atoms with Gasteiger partial charge in [0, 0.05) is 0 Å². The maximum atomic E-state index is 5.18. The van der Waals surface area contributed by atoms with E-state index in [0.29, 0.717) is 6.54 Å². The quantitative estimate of drug-likeness (QED) is 0.531. The maximum Gasteiger partial charge on any atom is 0.0768 e. The minimum absolute atomic E-state index is 0.442. The van der Waals surface area contributed by atoms with Crippen LogP contribution in [0.3, 0.4) is 0 Å². The van der Waals surface area contributed by atoms with Crippen LogP contribution in [-0.2, 0) is 0 Å². The van der Waals surface area contributed by atoms with Crippen molar-refractivity contribution >= 4 is 11.3 Å². The Balaban J connectivity index is 2.67. The average Bonchev–Trinajstić information content (AvgIpc) is 2.34. The van der Waals surface area contributed by atoms with Crippen LogP contribution >= 0.6 is 11.3 Å². The first-order valence-electron chi connectivity index (χ1n) is 2.66. The van der Waals surface area contributed by atoms with Crippen LogP contribution in [0.25, 0.3) is 0 Å². The van der Waals surface area contributed by atoms with Gasteiger partial charge in [-0.15, -0.1) is 11.3 Å². The predicted octanol–water partition coefficient (Wildman–Crippen LogP) is 1.06. The molecular weight excluding hydrogens is 130 g/mol. The second kappa shape index (κ2) is 3.29. The van der Waals surface area contributed by atoms with Crippen LogP contribution in [0.15, 0.2) is 17.5 Å². The summed E-state index contributed by atoms with van der Waals surface area (Å²) < 4.78 is 0. The molecule has 46 valence electrons. The summed E-state index contributed by atoms with van der Waals surface area (Å²) in [7, 11) is 0. The zero-order chi connectivity index (χ0) is 6.53. The van der Waals surface area contributed by atoms with Crippen LogP contribution in [-0.4, -0.2) is 6.54 Å². The number of nitrogens with two attached hydrogens (primary N) is 1. The molecule has 0 atom stereocenters. The van der Waals surface area contributed by atoms with Crippen molar-refractivity contribution in [2.45, 2.75) is 0 Å². The van der Waals surface area contributed by atoms with Crippen molar-refractivity contribution in [1.29, 1.82) is 0 Å². The lowest BCUT2D eigenvalue weighted by atomic mass is 10.4. The average molecular weight is 137 g/mol. The topological polar surface area (TPSA) is 26.0 Å². The van der Waals surface area contributed by atoms with E-state index in [1.807, 2.05) is 17.5 Å². The highest BCUT2D eigenvalue weighted by Crippen LogP contribution is 2.04. The van der Waals surface area contributed by atoms with Crippen molar-refractivity contribution in [3.05, 3.63) is 22.4 Å². The molecule has 0 saturated carbocycles. The molecular formula is C7H7NS. The predicted molar refractivity (Wildman–Crippen MR) is 40.3 cm³/mol. The molecule has 0 fully saturated rings. The molecule has 2 heteroatoms. The van der Waals surface area contributed by atoms with E-state index in [4.69, 9.17) is 5.73 Å². The Hall–Kier alpha value is -0.780. The van der Waals surface area contributed by atoms with Crippen LogP contribution in [0, 0.1) is 11.8 Å². The molecule has 0 aliphatic carbocycles. The minimum atomic E-state index is 0.442. The molecule has 1 rings (SSSR count). The van der Waals surface area contributed by atoms with Gasteiger partial charge in [0.25, 0.3) is 0 Å². The van der Waals surface area contributed by atoms with Gasteiger partial charge in [0.05, 0.1) is 11.4 Å². The highest BCUT2D eigenvalue weighted by Gasteiger charge is 1.81. The van der Waals surface area contributed by atoms with Gasteiger partial charge in [-0.2, -0.15) is 0 Å². The second-order valence-corrected chi connectivity index (χ2v) is 2.43. The van der Waals surface area contributed by atoms with Gasteiger partial charge in [-0.1, -0.05) is 17.9 Å². The summed E-state index contributed by atoms with van der Waals surface area (Å²) in [5.74, 6) is 5.71. The van der Waals surface area contributed by atoms with E-state index in [2.05, 4.69) is 11.8 Å². The van der Waals surface area contributed by atoms with Gasteiger partial charge in [-0.3, -0.25) is 0 Å². The molecule has 1 heterocycles. The normalized spacial score (nSPS) is 8.11. The van der Waals surface area contributed by atoms with Gasteiger partial charge in [0.1, 0.15) is 0 Å². The molecule has 9 heavy (non-hydrogen) atoms. The summed E-state index contributed by atoms with van der Waals surface area (Å²) in [5, 5.41) is 2.00. The van der Waals surface area contributed by atoms with E-state index in [0.717, 1.165) is 4.88 Å². The largest absolute Gasteiger partial charge is 0.320 e. The summed E-state index contributed by atoms with van der Waals surface area (Å²) in [5.41, 5.74) is 5.18. The first-order chi connectivity index (χ1) is 4.43. The number of hydrogen-bond acceptors (Lipinski definition) is 2. The Morgan fingerprint density at radius 1 is 1.67 bits per heavy atom. The zero-order valence-corrected chi connectivity index (χ0v) is 5.74. The van der Waals surface area contributed by atoms with E-state index in [1.54, 1.807) is 11.3 Å². The molecule has 0 saturated heterocycles. The van der Waals surface area contributed by atoms with E-state index in [9.17, 15) is 0 Å². The molecule has 0 aliphatic heterocycles. The van der Waals surface area contributed by atoms with Crippen LogP contribution in [0.1, 0.15) is 4.88 Å². The SMILES string of the molecule is NCC#Cc1cccs1. The fraction of sp³-hybridized carbons (Fsp3) is 0.143. The molecule has 0 unspecified atom stereocenters. The Morgan fingerprint density at radius 3 is 3.11 bits per heavy atom. The van der Waals surface area contributed by atoms with E-state index >= 15 is 0 Å². The molecule has 0 radical (unpaired) electrons. The van der Waals surface area contributed by atoms with E-state index < -0.39 is 0 Å². The van der Waals surface area contributed by atoms with Crippen molar-refractivity contribution in [1.82, 2.24) is 0 Å². The molecule has 0 aliphatic rings. The van der Waals surface area contributed by atoms with E-state index in [-0.39, 0.29) is 0 Å². The molecule has 0 bridgehead atoms. The van der Waals surface area contributed by atoms with Gasteiger partial charge in [0.15, 0.2) is 0 Å². The Kier molecular flexibility index (Phi) is 2.32. The van der Waals surface area contributed by atoms with Crippen molar-refractivity contribution in [3.63, 3.8) is 0 Å². The third kappa shape index (κ3) is 1.88. The summed E-state index contributed by atoms with van der Waals surface area (Å²) in [6.07, 6.45) is 0. The van der Waals surface area contributed by atoms with Gasteiger partial charge in [0.2, 0.25) is 0 Å². The van der Waals surface area contributed by atoms with Crippen LogP contribution in [0.4, 0.5) is 0 Å². The number of thiophene rings is 1. The fourth-order valence-corrected chi connectivity index (χ4v) is 1.08. The zero-order valence-electron chi connectivity index (χ0n) is 4.92. The molecule has 2 N–H and O–H groups in total. The molecule has 1 nitrogen and oxygen atoms in total. The third-order valence-electron chi connectivity index (χ3n) is 0.835. The van der Waals surface area contributed by atoms with E-state index in [1.165, 1.54) is 0 Å². The summed E-state index contributed by atoms with van der Waals surface area (Å²) >= 11 is 1.63.